The van der Waals surface area contributed by atoms with Crippen molar-refractivity contribution < 1.29 is 4.79 Å². The molecule has 142 valence electrons. The number of benzene rings is 1. The van der Waals surface area contributed by atoms with E-state index in [0.29, 0.717) is 15.9 Å². The van der Waals surface area contributed by atoms with Crippen molar-refractivity contribution in [2.45, 2.75) is 52.9 Å². The van der Waals surface area contributed by atoms with Crippen LogP contribution in [0.1, 0.15) is 65.5 Å². The van der Waals surface area contributed by atoms with Crippen LogP contribution in [-0.4, -0.2) is 21.1 Å². The van der Waals surface area contributed by atoms with Crippen molar-refractivity contribution in [3.63, 3.8) is 0 Å². The highest BCUT2D eigenvalue weighted by Gasteiger charge is 2.19. The summed E-state index contributed by atoms with van der Waals surface area (Å²) in [6.45, 7) is 8.28. The van der Waals surface area contributed by atoms with E-state index >= 15 is 0 Å². The van der Waals surface area contributed by atoms with E-state index in [2.05, 4.69) is 65.5 Å². The monoisotopic (exact) mass is 400 g/mol. The van der Waals surface area contributed by atoms with E-state index in [9.17, 15) is 4.79 Å². The number of anilines is 1. The smallest absolute Gasteiger partial charge is 0.269 e. The zero-order valence-electron chi connectivity index (χ0n) is 16.1. The van der Waals surface area contributed by atoms with Gasteiger partial charge in [0.2, 0.25) is 5.13 Å². The predicted octanol–water partition coefficient (Wildman–Crippen LogP) is 5.69. The van der Waals surface area contributed by atoms with Gasteiger partial charge in [0.25, 0.3) is 5.91 Å². The van der Waals surface area contributed by atoms with Crippen molar-refractivity contribution in [1.29, 1.82) is 0 Å². The number of nitrogens with zero attached hydrogens (tertiary/aromatic N) is 3. The third-order valence-electron chi connectivity index (χ3n) is 4.61. The van der Waals surface area contributed by atoms with Gasteiger partial charge >= 0.3 is 0 Å². The molecular formula is C20H24N4OS2. The van der Waals surface area contributed by atoms with Crippen molar-refractivity contribution in [3.05, 3.63) is 45.4 Å². The van der Waals surface area contributed by atoms with Gasteiger partial charge in [-0.3, -0.25) is 10.1 Å². The lowest BCUT2D eigenvalue weighted by Crippen LogP contribution is -2.11. The minimum absolute atomic E-state index is 0.173. The number of carbonyl (C=O) groups excluding carboxylic acids is 1. The van der Waals surface area contributed by atoms with Crippen LogP contribution >= 0.6 is 22.7 Å². The molecule has 0 aliphatic rings. The summed E-state index contributed by atoms with van der Waals surface area (Å²) in [5.41, 5.74) is 3.05. The number of hydrogen-bond donors (Lipinski definition) is 1. The second kappa shape index (κ2) is 8.71. The number of aromatic nitrogens is 3. The Morgan fingerprint density at radius 2 is 1.78 bits per heavy atom. The van der Waals surface area contributed by atoms with E-state index in [4.69, 9.17) is 0 Å². The average Bonchev–Trinajstić information content (AvgIpc) is 3.30. The zero-order chi connectivity index (χ0) is 19.4. The highest BCUT2D eigenvalue weighted by Crippen LogP contribution is 2.31. The number of nitrogens with one attached hydrogen (secondary N) is 1. The van der Waals surface area contributed by atoms with E-state index in [0.717, 1.165) is 40.5 Å². The molecule has 0 saturated heterocycles. The van der Waals surface area contributed by atoms with Crippen LogP contribution in [-0.2, 0) is 6.42 Å². The Bertz CT molecular complexity index is 910. The molecule has 27 heavy (non-hydrogen) atoms. The molecule has 0 aliphatic carbocycles. The van der Waals surface area contributed by atoms with Gasteiger partial charge in [-0.2, -0.15) is 0 Å². The molecule has 0 radical (unpaired) electrons. The van der Waals surface area contributed by atoms with Crippen LogP contribution in [0.3, 0.4) is 0 Å². The summed E-state index contributed by atoms with van der Waals surface area (Å²) in [5.74, 6) is 0.227. The van der Waals surface area contributed by atoms with Crippen molar-refractivity contribution in [3.8, 4) is 10.6 Å². The first-order valence-corrected chi connectivity index (χ1v) is 10.9. The minimum atomic E-state index is -0.173. The molecule has 0 atom stereocenters. The Balaban J connectivity index is 1.76. The highest BCUT2D eigenvalue weighted by molar-refractivity contribution is 7.17. The Morgan fingerprint density at radius 3 is 2.41 bits per heavy atom. The van der Waals surface area contributed by atoms with Gasteiger partial charge in [-0.15, -0.1) is 21.5 Å². The molecule has 0 unspecified atom stereocenters. The number of carbonyl (C=O) groups is 1. The van der Waals surface area contributed by atoms with Crippen molar-refractivity contribution in [2.75, 3.05) is 5.32 Å². The van der Waals surface area contributed by atoms with Crippen molar-refractivity contribution in [1.82, 2.24) is 15.2 Å². The number of thiazole rings is 1. The van der Waals surface area contributed by atoms with Crippen LogP contribution < -0.4 is 5.32 Å². The molecule has 2 heterocycles. The fourth-order valence-electron chi connectivity index (χ4n) is 2.86. The fraction of sp³-hybridized carbons (Fsp3) is 0.400. The summed E-state index contributed by atoms with van der Waals surface area (Å²) in [6.07, 6.45) is 3.05. The van der Waals surface area contributed by atoms with Crippen LogP contribution in [0, 0.1) is 6.92 Å². The first kappa shape index (κ1) is 19.6. The maximum absolute atomic E-state index is 12.7. The van der Waals surface area contributed by atoms with Gasteiger partial charge in [-0.05, 0) is 31.7 Å². The van der Waals surface area contributed by atoms with Crippen molar-refractivity contribution >= 4 is 33.7 Å². The van der Waals surface area contributed by atoms with Crippen LogP contribution in [0.5, 0.6) is 0 Å². The molecule has 2 aromatic heterocycles. The summed E-state index contributed by atoms with van der Waals surface area (Å²) >= 11 is 2.87. The lowest BCUT2D eigenvalue weighted by atomic mass is 10.1. The Labute approximate surface area is 167 Å². The molecule has 0 spiro atoms. The molecule has 3 aromatic rings. The molecule has 0 bridgehead atoms. The number of aryl methyl sites for hydroxylation is 2. The maximum atomic E-state index is 12.7. The van der Waals surface area contributed by atoms with E-state index in [1.54, 1.807) is 0 Å². The molecule has 1 aromatic carbocycles. The first-order chi connectivity index (χ1) is 13.0. The lowest BCUT2D eigenvalue weighted by molar-refractivity contribution is 0.102. The van der Waals surface area contributed by atoms with E-state index in [-0.39, 0.29) is 5.91 Å². The highest BCUT2D eigenvalue weighted by atomic mass is 32.1. The molecule has 0 saturated carbocycles. The molecule has 7 heteroatoms. The Hall–Kier alpha value is -2.12. The molecule has 1 amide bonds. The average molecular weight is 401 g/mol. The number of hydrogen-bond acceptors (Lipinski definition) is 6. The quantitative estimate of drug-likeness (QED) is 0.553. The lowest BCUT2D eigenvalue weighted by Gasteiger charge is -2.05. The van der Waals surface area contributed by atoms with Gasteiger partial charge in [-0.1, -0.05) is 56.4 Å². The Morgan fingerprint density at radius 1 is 1.07 bits per heavy atom. The summed E-state index contributed by atoms with van der Waals surface area (Å²) in [4.78, 5) is 17.9. The molecule has 0 fully saturated rings. The van der Waals surface area contributed by atoms with Crippen molar-refractivity contribution in [2.24, 2.45) is 0 Å². The van der Waals surface area contributed by atoms with Gasteiger partial charge in [0.1, 0.15) is 14.9 Å². The van der Waals surface area contributed by atoms with Crippen LogP contribution in [0.2, 0.25) is 0 Å². The van der Waals surface area contributed by atoms with E-state index in [1.807, 2.05) is 6.92 Å². The third kappa shape index (κ3) is 4.42. The topological polar surface area (TPSA) is 67.8 Å². The minimum Gasteiger partial charge on any atom is -0.296 e. The second-order valence-corrected chi connectivity index (χ2v) is 8.41. The SMILES string of the molecule is CCc1ccc(-c2nc(C)c(C(=O)Nc3nnc(C(CC)CC)s3)s2)cc1. The van der Waals surface area contributed by atoms with Gasteiger partial charge in [-0.25, -0.2) is 4.98 Å². The van der Waals surface area contributed by atoms with Crippen LogP contribution in [0.15, 0.2) is 24.3 Å². The van der Waals surface area contributed by atoms with Gasteiger partial charge in [0.15, 0.2) is 0 Å². The maximum Gasteiger partial charge on any atom is 0.269 e. The third-order valence-corrected chi connectivity index (χ3v) is 6.81. The molecule has 1 N–H and O–H groups in total. The molecule has 0 aliphatic heterocycles. The second-order valence-electron chi connectivity index (χ2n) is 6.40. The largest absolute Gasteiger partial charge is 0.296 e. The fourth-order valence-corrected chi connectivity index (χ4v) is 4.83. The van der Waals surface area contributed by atoms with Gasteiger partial charge in [0, 0.05) is 11.5 Å². The summed E-state index contributed by atoms with van der Waals surface area (Å²) in [6, 6.07) is 8.33. The summed E-state index contributed by atoms with van der Waals surface area (Å²) in [7, 11) is 0. The van der Waals surface area contributed by atoms with Crippen LogP contribution in [0.4, 0.5) is 5.13 Å². The van der Waals surface area contributed by atoms with Gasteiger partial charge in [0.05, 0.1) is 5.69 Å². The van der Waals surface area contributed by atoms with Gasteiger partial charge < -0.3 is 0 Å². The Kier molecular flexibility index (Phi) is 6.34. The van der Waals surface area contributed by atoms with E-state index in [1.165, 1.54) is 28.2 Å². The molecule has 5 nitrogen and oxygen atoms in total. The molecule has 3 rings (SSSR count). The summed E-state index contributed by atoms with van der Waals surface area (Å²) < 4.78 is 0. The van der Waals surface area contributed by atoms with Crippen LogP contribution in [0.25, 0.3) is 10.6 Å². The predicted molar refractivity (Wildman–Crippen MR) is 113 cm³/mol. The number of amides is 1. The summed E-state index contributed by atoms with van der Waals surface area (Å²) in [5, 5.41) is 13.6. The van der Waals surface area contributed by atoms with E-state index < -0.39 is 0 Å². The zero-order valence-corrected chi connectivity index (χ0v) is 17.7. The first-order valence-electron chi connectivity index (χ1n) is 9.27. The molecular weight excluding hydrogens is 376 g/mol. The number of rotatable bonds is 7. The normalized spacial score (nSPS) is 11.1. The standard InChI is InChI=1S/C20H24N4OS2/c1-5-13-8-10-15(11-9-13)18-21-12(4)16(26-18)17(25)22-20-24-23-19(27-20)14(6-2)7-3/h8-11,14H,5-7H2,1-4H3,(H,22,24,25).